The van der Waals surface area contributed by atoms with Gasteiger partial charge in [0.05, 0.1) is 24.7 Å². The predicted molar refractivity (Wildman–Crippen MR) is 126 cm³/mol. The molecule has 0 N–H and O–H groups in total. The quantitative estimate of drug-likeness (QED) is 0.463. The van der Waals surface area contributed by atoms with Crippen LogP contribution < -0.4 is 9.47 Å². The lowest BCUT2D eigenvalue weighted by Gasteiger charge is -2.28. The van der Waals surface area contributed by atoms with E-state index in [0.29, 0.717) is 31.7 Å². The van der Waals surface area contributed by atoms with Gasteiger partial charge in [0.2, 0.25) is 0 Å². The Balaban J connectivity index is 1.76. The Kier molecular flexibility index (Phi) is 8.56. The molecule has 1 saturated heterocycles. The molecular formula is C25H33NO5S. The van der Waals surface area contributed by atoms with E-state index in [2.05, 4.69) is 13.8 Å². The molecule has 1 atom stereocenters. The minimum atomic E-state index is -3.12. The van der Waals surface area contributed by atoms with Crippen LogP contribution in [0.3, 0.4) is 0 Å². The van der Waals surface area contributed by atoms with E-state index in [9.17, 15) is 13.2 Å². The van der Waals surface area contributed by atoms with Crippen molar-refractivity contribution in [1.29, 1.82) is 0 Å². The Morgan fingerprint density at radius 3 is 2.12 bits per heavy atom. The number of hydrogen-bond donors (Lipinski definition) is 0. The average Bonchev–Trinajstić information content (AvgIpc) is 3.16. The van der Waals surface area contributed by atoms with E-state index < -0.39 is 9.84 Å². The third-order valence-corrected chi connectivity index (χ3v) is 7.28. The Morgan fingerprint density at radius 2 is 1.56 bits per heavy atom. The highest BCUT2D eigenvalue weighted by molar-refractivity contribution is 7.91. The summed E-state index contributed by atoms with van der Waals surface area (Å²) in [5, 5.41) is 0. The van der Waals surface area contributed by atoms with Gasteiger partial charge < -0.3 is 14.4 Å². The van der Waals surface area contributed by atoms with Crippen molar-refractivity contribution in [2.45, 2.75) is 52.1 Å². The number of amides is 1. The second kappa shape index (κ2) is 11.4. The fourth-order valence-electron chi connectivity index (χ4n) is 3.69. The number of carbonyl (C=O) groups is 1. The van der Waals surface area contributed by atoms with Crippen molar-refractivity contribution >= 4 is 15.7 Å². The average molecular weight is 460 g/mol. The first kappa shape index (κ1) is 24.1. The molecule has 0 aliphatic carbocycles. The van der Waals surface area contributed by atoms with Gasteiger partial charge >= 0.3 is 0 Å². The topological polar surface area (TPSA) is 72.9 Å². The van der Waals surface area contributed by atoms with Gasteiger partial charge in [-0.3, -0.25) is 4.79 Å². The lowest BCUT2D eigenvalue weighted by atomic mass is 10.1. The van der Waals surface area contributed by atoms with Crippen LogP contribution in [-0.2, 0) is 16.4 Å². The van der Waals surface area contributed by atoms with Crippen LogP contribution in [-0.4, -0.2) is 50.0 Å². The molecule has 32 heavy (non-hydrogen) atoms. The number of unbranched alkanes of at least 4 members (excludes halogenated alkanes) is 1. The van der Waals surface area contributed by atoms with Crippen molar-refractivity contribution in [3.63, 3.8) is 0 Å². The zero-order valence-electron chi connectivity index (χ0n) is 19.0. The largest absolute Gasteiger partial charge is 0.494 e. The second-order valence-corrected chi connectivity index (χ2v) is 10.4. The van der Waals surface area contributed by atoms with E-state index in [4.69, 9.17) is 9.47 Å². The highest BCUT2D eigenvalue weighted by Gasteiger charge is 2.35. The van der Waals surface area contributed by atoms with Gasteiger partial charge in [0, 0.05) is 18.2 Å². The molecule has 1 unspecified atom stereocenters. The molecule has 7 heteroatoms. The molecule has 0 radical (unpaired) electrons. The van der Waals surface area contributed by atoms with Crippen molar-refractivity contribution in [2.75, 3.05) is 24.7 Å². The van der Waals surface area contributed by atoms with Gasteiger partial charge in [-0.05, 0) is 61.2 Å². The summed E-state index contributed by atoms with van der Waals surface area (Å²) in [6.45, 7) is 5.81. The normalized spacial score (nSPS) is 17.1. The summed E-state index contributed by atoms with van der Waals surface area (Å²) in [4.78, 5) is 15.1. The predicted octanol–water partition coefficient (Wildman–Crippen LogP) is 4.48. The Labute approximate surface area is 191 Å². The molecule has 0 aromatic heterocycles. The number of rotatable bonds is 11. The molecule has 6 nitrogen and oxygen atoms in total. The maximum Gasteiger partial charge on any atom is 0.254 e. The van der Waals surface area contributed by atoms with E-state index in [1.54, 1.807) is 29.2 Å². The lowest BCUT2D eigenvalue weighted by molar-refractivity contribution is 0.0681. The van der Waals surface area contributed by atoms with Crippen LogP contribution in [0.4, 0.5) is 0 Å². The molecule has 1 amide bonds. The Bertz CT molecular complexity index is 970. The van der Waals surface area contributed by atoms with Crippen LogP contribution in [0.2, 0.25) is 0 Å². The van der Waals surface area contributed by atoms with Crippen LogP contribution >= 0.6 is 0 Å². The Morgan fingerprint density at radius 1 is 0.938 bits per heavy atom. The van der Waals surface area contributed by atoms with Gasteiger partial charge in [0.25, 0.3) is 5.91 Å². The van der Waals surface area contributed by atoms with Crippen LogP contribution in [0.15, 0.2) is 48.5 Å². The molecule has 2 aromatic carbocycles. The van der Waals surface area contributed by atoms with Crippen molar-refractivity contribution in [2.24, 2.45) is 0 Å². The van der Waals surface area contributed by atoms with Crippen molar-refractivity contribution in [3.8, 4) is 11.5 Å². The van der Waals surface area contributed by atoms with Gasteiger partial charge in [-0.15, -0.1) is 0 Å². The van der Waals surface area contributed by atoms with Gasteiger partial charge in [-0.2, -0.15) is 0 Å². The molecule has 1 aliphatic rings. The van der Waals surface area contributed by atoms with E-state index in [1.165, 1.54) is 0 Å². The number of hydrogen-bond acceptors (Lipinski definition) is 5. The maximum absolute atomic E-state index is 13.4. The van der Waals surface area contributed by atoms with Crippen LogP contribution in [0, 0.1) is 0 Å². The first-order chi connectivity index (χ1) is 15.4. The minimum absolute atomic E-state index is 0.00858. The van der Waals surface area contributed by atoms with E-state index in [-0.39, 0.29) is 23.5 Å². The standard InChI is InChI=1S/C25H33NO5S/c1-3-5-16-31-24-12-8-21(9-13-24)25(27)26(22-14-17-32(28,29)19-22)18-20-6-10-23(11-7-20)30-15-4-2/h6-13,22H,3-5,14-19H2,1-2H3. The van der Waals surface area contributed by atoms with E-state index in [1.807, 2.05) is 24.3 Å². The van der Waals surface area contributed by atoms with Crippen molar-refractivity contribution < 1.29 is 22.7 Å². The fraction of sp³-hybridized carbons (Fsp3) is 0.480. The van der Waals surface area contributed by atoms with E-state index in [0.717, 1.165) is 36.3 Å². The number of ether oxygens (including phenoxy) is 2. The smallest absolute Gasteiger partial charge is 0.254 e. The Hall–Kier alpha value is -2.54. The zero-order chi connectivity index (χ0) is 23.0. The van der Waals surface area contributed by atoms with Gasteiger partial charge in [-0.25, -0.2) is 8.42 Å². The monoisotopic (exact) mass is 459 g/mol. The summed E-state index contributed by atoms with van der Waals surface area (Å²) in [5.41, 5.74) is 1.46. The molecule has 1 aliphatic heterocycles. The number of nitrogens with zero attached hydrogens (tertiary/aromatic N) is 1. The lowest BCUT2D eigenvalue weighted by Crippen LogP contribution is -2.40. The molecule has 1 fully saturated rings. The number of sulfone groups is 1. The minimum Gasteiger partial charge on any atom is -0.494 e. The second-order valence-electron chi connectivity index (χ2n) is 8.21. The molecule has 1 heterocycles. The summed E-state index contributed by atoms with van der Waals surface area (Å²) < 4.78 is 35.5. The molecule has 0 spiro atoms. The van der Waals surface area contributed by atoms with Crippen molar-refractivity contribution in [3.05, 3.63) is 59.7 Å². The highest BCUT2D eigenvalue weighted by Crippen LogP contribution is 2.24. The SMILES string of the molecule is CCCCOc1ccc(C(=O)N(Cc2ccc(OCCC)cc2)C2CCS(=O)(=O)C2)cc1. The van der Waals surface area contributed by atoms with Crippen LogP contribution in [0.5, 0.6) is 11.5 Å². The number of benzene rings is 2. The van der Waals surface area contributed by atoms with E-state index >= 15 is 0 Å². The summed E-state index contributed by atoms with van der Waals surface area (Å²) in [5.74, 6) is 1.48. The summed E-state index contributed by atoms with van der Waals surface area (Å²) in [6, 6.07) is 14.4. The van der Waals surface area contributed by atoms with Crippen LogP contribution in [0.1, 0.15) is 55.5 Å². The third kappa shape index (κ3) is 6.73. The zero-order valence-corrected chi connectivity index (χ0v) is 19.8. The summed E-state index contributed by atoms with van der Waals surface area (Å²) >= 11 is 0. The fourth-order valence-corrected chi connectivity index (χ4v) is 5.42. The molecular weight excluding hydrogens is 426 g/mol. The molecule has 0 bridgehead atoms. The highest BCUT2D eigenvalue weighted by atomic mass is 32.2. The molecule has 2 aromatic rings. The van der Waals surface area contributed by atoms with Gasteiger partial charge in [0.15, 0.2) is 9.84 Å². The molecule has 0 saturated carbocycles. The summed E-state index contributed by atoms with van der Waals surface area (Å²) in [7, 11) is -3.12. The first-order valence-corrected chi connectivity index (χ1v) is 13.2. The maximum atomic E-state index is 13.4. The van der Waals surface area contributed by atoms with Crippen LogP contribution in [0.25, 0.3) is 0 Å². The molecule has 3 rings (SSSR count). The van der Waals surface area contributed by atoms with Crippen molar-refractivity contribution in [1.82, 2.24) is 4.90 Å². The van der Waals surface area contributed by atoms with Gasteiger partial charge in [0.1, 0.15) is 11.5 Å². The summed E-state index contributed by atoms with van der Waals surface area (Å²) in [6.07, 6.45) is 3.43. The third-order valence-electron chi connectivity index (χ3n) is 5.53. The first-order valence-electron chi connectivity index (χ1n) is 11.4. The van der Waals surface area contributed by atoms with Gasteiger partial charge in [-0.1, -0.05) is 32.4 Å². The number of carbonyl (C=O) groups excluding carboxylic acids is 1. The molecule has 174 valence electrons.